The van der Waals surface area contributed by atoms with E-state index in [1.807, 2.05) is 11.0 Å². The Labute approximate surface area is 201 Å². The first-order valence-electron chi connectivity index (χ1n) is 11.0. The number of fused-ring (bicyclic) bond motifs is 1. The minimum atomic E-state index is -3.77. The molecule has 0 radical (unpaired) electrons. The van der Waals surface area contributed by atoms with E-state index in [9.17, 15) is 18.0 Å². The van der Waals surface area contributed by atoms with Crippen LogP contribution in [0.4, 0.5) is 11.6 Å². The molecule has 3 heterocycles. The molecule has 1 aromatic heterocycles. The number of halogens is 1. The third kappa shape index (κ3) is 5.03. The number of hydrogen-bond acceptors (Lipinski definition) is 7. The van der Waals surface area contributed by atoms with Crippen LogP contribution in [0.25, 0.3) is 0 Å². The van der Waals surface area contributed by atoms with E-state index < -0.39 is 9.84 Å². The lowest BCUT2D eigenvalue weighted by Gasteiger charge is -2.34. The fraction of sp³-hybridized carbons (Fsp3) is 0.455. The molecular formula is C22H26BrN5O4S. The normalized spacial score (nSPS) is 16.1. The number of carbonyl (C=O) groups is 2. The van der Waals surface area contributed by atoms with Gasteiger partial charge in [0.05, 0.1) is 16.3 Å². The van der Waals surface area contributed by atoms with E-state index in [1.54, 1.807) is 41.2 Å². The number of amides is 2. The minimum Gasteiger partial charge on any atom is -0.339 e. The lowest BCUT2D eigenvalue weighted by Crippen LogP contribution is -2.49. The Hall–Kier alpha value is -2.53. The van der Waals surface area contributed by atoms with Gasteiger partial charge in [-0.3, -0.25) is 9.59 Å². The highest BCUT2D eigenvalue weighted by atomic mass is 79.9. The van der Waals surface area contributed by atoms with Crippen LogP contribution in [-0.4, -0.2) is 73.6 Å². The van der Waals surface area contributed by atoms with Crippen LogP contribution in [0.5, 0.6) is 0 Å². The number of hydrogen-bond donors (Lipinski definition) is 0. The highest BCUT2D eigenvalue weighted by Crippen LogP contribution is 2.38. The van der Waals surface area contributed by atoms with Gasteiger partial charge in [0.25, 0.3) is 0 Å². The van der Waals surface area contributed by atoms with Crippen molar-refractivity contribution in [3.8, 4) is 0 Å². The summed E-state index contributed by atoms with van der Waals surface area (Å²) < 4.78 is 27.2. The molecule has 0 bridgehead atoms. The molecule has 0 atom stereocenters. The Morgan fingerprint density at radius 3 is 2.39 bits per heavy atom. The lowest BCUT2D eigenvalue weighted by atomic mass is 10.2. The number of rotatable bonds is 6. The van der Waals surface area contributed by atoms with Crippen LogP contribution in [-0.2, 0) is 25.8 Å². The second-order valence-corrected chi connectivity index (χ2v) is 11.0. The number of carbonyl (C=O) groups excluding carboxylic acids is 2. The number of benzene rings is 1. The Kier molecular flexibility index (Phi) is 6.99. The van der Waals surface area contributed by atoms with Crippen LogP contribution >= 0.6 is 15.9 Å². The molecule has 4 rings (SSSR count). The first-order valence-corrected chi connectivity index (χ1v) is 13.4. The molecule has 0 spiro atoms. The van der Waals surface area contributed by atoms with Gasteiger partial charge in [0, 0.05) is 62.4 Å². The molecule has 33 heavy (non-hydrogen) atoms. The molecule has 0 unspecified atom stereocenters. The number of piperazine rings is 1. The van der Waals surface area contributed by atoms with E-state index in [2.05, 4.69) is 25.9 Å². The summed E-state index contributed by atoms with van der Waals surface area (Å²) in [6.07, 6.45) is 4.16. The molecule has 2 aliphatic rings. The predicted molar refractivity (Wildman–Crippen MR) is 128 cm³/mol. The van der Waals surface area contributed by atoms with Gasteiger partial charge in [-0.25, -0.2) is 18.4 Å². The van der Waals surface area contributed by atoms with Crippen LogP contribution in [0.1, 0.15) is 25.3 Å². The zero-order valence-corrected chi connectivity index (χ0v) is 20.8. The van der Waals surface area contributed by atoms with Crippen LogP contribution in [0, 0.1) is 0 Å². The zero-order valence-electron chi connectivity index (χ0n) is 18.4. The molecule has 1 saturated heterocycles. The minimum absolute atomic E-state index is 0.104. The molecular weight excluding hydrogens is 510 g/mol. The average molecular weight is 536 g/mol. The van der Waals surface area contributed by atoms with Gasteiger partial charge in [0.15, 0.2) is 9.84 Å². The fourth-order valence-electron chi connectivity index (χ4n) is 4.25. The lowest BCUT2D eigenvalue weighted by molar-refractivity contribution is -0.131. The number of sulfone groups is 1. The van der Waals surface area contributed by atoms with Crippen molar-refractivity contribution >= 4 is 49.2 Å². The van der Waals surface area contributed by atoms with Gasteiger partial charge < -0.3 is 14.7 Å². The summed E-state index contributed by atoms with van der Waals surface area (Å²) >= 11 is 3.39. The van der Waals surface area contributed by atoms with Gasteiger partial charge in [-0.1, -0.05) is 22.9 Å². The van der Waals surface area contributed by atoms with Crippen molar-refractivity contribution < 1.29 is 18.0 Å². The average Bonchev–Trinajstić information content (AvgIpc) is 3.25. The topological polar surface area (TPSA) is 104 Å². The summed E-state index contributed by atoms with van der Waals surface area (Å²) in [5.74, 6) is 0.0244. The Bertz CT molecular complexity index is 1150. The van der Waals surface area contributed by atoms with Gasteiger partial charge in [-0.15, -0.1) is 0 Å². The van der Waals surface area contributed by atoms with Crippen molar-refractivity contribution in [1.29, 1.82) is 0 Å². The maximum absolute atomic E-state index is 13.3. The number of anilines is 2. The number of aromatic nitrogens is 2. The maximum atomic E-state index is 13.3. The van der Waals surface area contributed by atoms with Crippen LogP contribution < -0.4 is 9.80 Å². The molecule has 0 aliphatic carbocycles. The third-order valence-corrected chi connectivity index (χ3v) is 8.16. The quantitative estimate of drug-likeness (QED) is 0.557. The van der Waals surface area contributed by atoms with E-state index in [4.69, 9.17) is 0 Å². The van der Waals surface area contributed by atoms with E-state index >= 15 is 0 Å². The monoisotopic (exact) mass is 535 g/mol. The fourth-order valence-corrected chi connectivity index (χ4v) is 6.41. The smallest absolute Gasteiger partial charge is 0.226 e. The highest BCUT2D eigenvalue weighted by Gasteiger charge is 2.33. The summed E-state index contributed by atoms with van der Waals surface area (Å²) in [7, 11) is -3.77. The molecule has 2 aliphatic heterocycles. The maximum Gasteiger partial charge on any atom is 0.226 e. The molecule has 2 aromatic rings. The molecule has 1 aromatic carbocycles. The van der Waals surface area contributed by atoms with Gasteiger partial charge in [-0.2, -0.15) is 0 Å². The molecule has 0 saturated carbocycles. The summed E-state index contributed by atoms with van der Waals surface area (Å²) in [6, 6.07) is 5.15. The van der Waals surface area contributed by atoms with Crippen LogP contribution in [0.15, 0.2) is 40.0 Å². The molecule has 11 heteroatoms. The predicted octanol–water partition coefficient (Wildman–Crippen LogP) is 2.05. The summed E-state index contributed by atoms with van der Waals surface area (Å²) in [4.78, 5) is 39.0. The van der Waals surface area contributed by atoms with Crippen molar-refractivity contribution in [3.05, 3.63) is 40.6 Å². The first-order chi connectivity index (χ1) is 15.8. The molecule has 1 fully saturated rings. The highest BCUT2D eigenvalue weighted by molar-refractivity contribution is 9.10. The number of nitrogens with zero attached hydrogens (tertiary/aromatic N) is 5. The zero-order chi connectivity index (χ0) is 23.6. The summed E-state index contributed by atoms with van der Waals surface area (Å²) in [6.45, 7) is 4.39. The van der Waals surface area contributed by atoms with E-state index in [0.717, 1.165) is 5.56 Å². The van der Waals surface area contributed by atoms with Gasteiger partial charge >= 0.3 is 0 Å². The van der Waals surface area contributed by atoms with E-state index in [1.165, 1.54) is 0 Å². The molecule has 2 amide bonds. The van der Waals surface area contributed by atoms with Crippen LogP contribution in [0.3, 0.4) is 0 Å². The third-order valence-electron chi connectivity index (χ3n) is 5.98. The standard InChI is InChI=1S/C22H26BrN5O4S/c1-2-19(29)28-8-4-16-14-17(23)15-18(21(16)28)33(31,32)13-5-20(30)26-9-11-27(12-10-26)22-24-6-3-7-25-22/h3,6-7,14-15H,2,4-5,8-13H2,1H3. The van der Waals surface area contributed by atoms with Gasteiger partial charge in [-0.05, 0) is 30.2 Å². The molecule has 176 valence electrons. The Morgan fingerprint density at radius 2 is 1.73 bits per heavy atom. The van der Waals surface area contributed by atoms with Crippen molar-refractivity contribution in [3.63, 3.8) is 0 Å². The van der Waals surface area contributed by atoms with E-state index in [0.29, 0.717) is 61.7 Å². The van der Waals surface area contributed by atoms with Crippen molar-refractivity contribution in [2.45, 2.75) is 31.1 Å². The van der Waals surface area contributed by atoms with Gasteiger partial charge in [0.1, 0.15) is 0 Å². The Balaban J connectivity index is 1.43. The second kappa shape index (κ2) is 9.76. The summed E-state index contributed by atoms with van der Waals surface area (Å²) in [5.41, 5.74) is 1.30. The molecule has 9 nitrogen and oxygen atoms in total. The first kappa shape index (κ1) is 23.6. The molecule has 0 N–H and O–H groups in total. The largest absolute Gasteiger partial charge is 0.339 e. The van der Waals surface area contributed by atoms with Crippen molar-refractivity contribution in [2.75, 3.05) is 48.3 Å². The van der Waals surface area contributed by atoms with Crippen molar-refractivity contribution in [1.82, 2.24) is 14.9 Å². The second-order valence-electron chi connectivity index (χ2n) is 8.05. The Morgan fingerprint density at radius 1 is 1.03 bits per heavy atom. The van der Waals surface area contributed by atoms with E-state index in [-0.39, 0.29) is 28.9 Å². The van der Waals surface area contributed by atoms with Crippen LogP contribution in [0.2, 0.25) is 0 Å². The van der Waals surface area contributed by atoms with Crippen molar-refractivity contribution in [2.24, 2.45) is 0 Å². The summed E-state index contributed by atoms with van der Waals surface area (Å²) in [5, 5.41) is 0. The van der Waals surface area contributed by atoms with Gasteiger partial charge in [0.2, 0.25) is 17.8 Å². The SMILES string of the molecule is CCC(=O)N1CCc2cc(Br)cc(S(=O)(=O)CCC(=O)N3CCN(c4ncccn4)CC3)c21.